The van der Waals surface area contributed by atoms with E-state index in [1.807, 2.05) is 13.0 Å². The molecule has 0 spiro atoms. The Bertz CT molecular complexity index is 333. The van der Waals surface area contributed by atoms with E-state index in [-0.39, 0.29) is 0 Å². The van der Waals surface area contributed by atoms with Crippen molar-refractivity contribution in [3.05, 3.63) is 29.8 Å². The molecular formula is C14H21NO. The van der Waals surface area contributed by atoms with Crippen molar-refractivity contribution >= 4 is 0 Å². The lowest BCUT2D eigenvalue weighted by Crippen LogP contribution is -2.30. The van der Waals surface area contributed by atoms with Crippen molar-refractivity contribution in [1.29, 1.82) is 0 Å². The van der Waals surface area contributed by atoms with Crippen molar-refractivity contribution in [1.82, 2.24) is 5.32 Å². The molecule has 1 aliphatic carbocycles. The van der Waals surface area contributed by atoms with Crippen LogP contribution in [0.2, 0.25) is 0 Å². The zero-order chi connectivity index (χ0) is 11.4. The first-order valence-electron chi connectivity index (χ1n) is 6.26. The van der Waals surface area contributed by atoms with Crippen LogP contribution in [0, 0.1) is 0 Å². The lowest BCUT2D eigenvalue weighted by Gasteiger charge is -2.16. The molecule has 1 unspecified atom stereocenters. The highest BCUT2D eigenvalue weighted by Crippen LogP contribution is 2.22. The molecule has 1 fully saturated rings. The molecule has 88 valence electrons. The maximum absolute atomic E-state index is 5.63. The van der Waals surface area contributed by atoms with Gasteiger partial charge in [0.1, 0.15) is 5.75 Å². The molecular weight excluding hydrogens is 198 g/mol. The molecule has 0 aliphatic heterocycles. The Kier molecular flexibility index (Phi) is 3.83. The van der Waals surface area contributed by atoms with E-state index < -0.39 is 0 Å². The Morgan fingerprint density at radius 1 is 1.38 bits per heavy atom. The van der Waals surface area contributed by atoms with E-state index in [1.165, 1.54) is 18.4 Å². The van der Waals surface area contributed by atoms with Crippen LogP contribution >= 0.6 is 0 Å². The number of nitrogens with one attached hydrogen (secondary N) is 1. The first-order valence-corrected chi connectivity index (χ1v) is 6.26. The molecule has 1 aliphatic rings. The van der Waals surface area contributed by atoms with Gasteiger partial charge in [0.15, 0.2) is 0 Å². The third-order valence-corrected chi connectivity index (χ3v) is 2.90. The number of rotatable bonds is 6. The summed E-state index contributed by atoms with van der Waals surface area (Å²) in [6.07, 6.45) is 3.74. The molecule has 0 radical (unpaired) electrons. The van der Waals surface area contributed by atoms with Gasteiger partial charge in [-0.2, -0.15) is 0 Å². The fourth-order valence-electron chi connectivity index (χ4n) is 2.01. The lowest BCUT2D eigenvalue weighted by molar-refractivity contribution is 0.335. The number of benzene rings is 1. The molecule has 16 heavy (non-hydrogen) atoms. The monoisotopic (exact) mass is 219 g/mol. The SMILES string of the molecule is CCOc1ccccc1CC(C)NC1CC1. The Hall–Kier alpha value is -1.02. The van der Waals surface area contributed by atoms with Crippen molar-refractivity contribution in [2.45, 2.75) is 45.2 Å². The van der Waals surface area contributed by atoms with Crippen LogP contribution in [0.25, 0.3) is 0 Å². The van der Waals surface area contributed by atoms with Crippen molar-refractivity contribution in [2.75, 3.05) is 6.61 Å². The van der Waals surface area contributed by atoms with E-state index in [2.05, 4.69) is 30.4 Å². The standard InChI is InChI=1S/C14H21NO/c1-3-16-14-7-5-4-6-12(14)10-11(2)15-13-8-9-13/h4-7,11,13,15H,3,8-10H2,1-2H3. The van der Waals surface area contributed by atoms with Gasteiger partial charge in [-0.1, -0.05) is 18.2 Å². The van der Waals surface area contributed by atoms with Gasteiger partial charge in [-0.25, -0.2) is 0 Å². The molecule has 1 atom stereocenters. The highest BCUT2D eigenvalue weighted by Gasteiger charge is 2.22. The van der Waals surface area contributed by atoms with Crippen LogP contribution in [-0.4, -0.2) is 18.7 Å². The second-order valence-electron chi connectivity index (χ2n) is 4.59. The fourth-order valence-corrected chi connectivity index (χ4v) is 2.01. The van der Waals surface area contributed by atoms with Crippen molar-refractivity contribution < 1.29 is 4.74 Å². The van der Waals surface area contributed by atoms with Crippen LogP contribution in [0.4, 0.5) is 0 Å². The van der Waals surface area contributed by atoms with Gasteiger partial charge in [0.2, 0.25) is 0 Å². The summed E-state index contributed by atoms with van der Waals surface area (Å²) in [5, 5.41) is 3.62. The predicted octanol–water partition coefficient (Wildman–Crippen LogP) is 2.77. The summed E-state index contributed by atoms with van der Waals surface area (Å²) in [5.74, 6) is 1.04. The third-order valence-electron chi connectivity index (χ3n) is 2.90. The summed E-state index contributed by atoms with van der Waals surface area (Å²) in [4.78, 5) is 0. The Balaban J connectivity index is 1.95. The minimum Gasteiger partial charge on any atom is -0.494 e. The largest absolute Gasteiger partial charge is 0.494 e. The van der Waals surface area contributed by atoms with Crippen LogP contribution in [0.15, 0.2) is 24.3 Å². The summed E-state index contributed by atoms with van der Waals surface area (Å²) in [5.41, 5.74) is 1.31. The molecule has 0 amide bonds. The average molecular weight is 219 g/mol. The normalized spacial score (nSPS) is 17.1. The van der Waals surface area contributed by atoms with E-state index in [0.29, 0.717) is 6.04 Å². The quantitative estimate of drug-likeness (QED) is 0.794. The van der Waals surface area contributed by atoms with Crippen LogP contribution < -0.4 is 10.1 Å². The number of para-hydroxylation sites is 1. The second kappa shape index (κ2) is 5.35. The van der Waals surface area contributed by atoms with Gasteiger partial charge in [0.05, 0.1) is 6.61 Å². The van der Waals surface area contributed by atoms with E-state index >= 15 is 0 Å². The summed E-state index contributed by atoms with van der Waals surface area (Å²) in [6.45, 7) is 5.02. The molecule has 0 heterocycles. The topological polar surface area (TPSA) is 21.3 Å². The molecule has 1 N–H and O–H groups in total. The molecule has 2 nitrogen and oxygen atoms in total. The van der Waals surface area contributed by atoms with Crippen LogP contribution in [-0.2, 0) is 6.42 Å². The summed E-state index contributed by atoms with van der Waals surface area (Å²) in [6, 6.07) is 9.65. The molecule has 0 bridgehead atoms. The molecule has 2 heteroatoms. The maximum Gasteiger partial charge on any atom is 0.122 e. The van der Waals surface area contributed by atoms with E-state index in [4.69, 9.17) is 4.74 Å². The van der Waals surface area contributed by atoms with Gasteiger partial charge in [0.25, 0.3) is 0 Å². The smallest absolute Gasteiger partial charge is 0.122 e. The van der Waals surface area contributed by atoms with Gasteiger partial charge in [-0.05, 0) is 44.7 Å². The van der Waals surface area contributed by atoms with E-state index in [9.17, 15) is 0 Å². The fraction of sp³-hybridized carbons (Fsp3) is 0.571. The molecule has 0 saturated heterocycles. The third kappa shape index (κ3) is 3.24. The van der Waals surface area contributed by atoms with E-state index in [0.717, 1.165) is 24.8 Å². The van der Waals surface area contributed by atoms with Gasteiger partial charge >= 0.3 is 0 Å². The Labute approximate surface area is 98.0 Å². The summed E-state index contributed by atoms with van der Waals surface area (Å²) >= 11 is 0. The van der Waals surface area contributed by atoms with Gasteiger partial charge in [-0.3, -0.25) is 0 Å². The minimum absolute atomic E-state index is 0.536. The first kappa shape index (κ1) is 11.5. The molecule has 1 aromatic rings. The second-order valence-corrected chi connectivity index (χ2v) is 4.59. The minimum atomic E-state index is 0.536. The average Bonchev–Trinajstić information content (AvgIpc) is 3.05. The molecule has 2 rings (SSSR count). The van der Waals surface area contributed by atoms with Gasteiger partial charge in [0, 0.05) is 12.1 Å². The molecule has 1 aromatic carbocycles. The summed E-state index contributed by atoms with van der Waals surface area (Å²) < 4.78 is 5.63. The maximum atomic E-state index is 5.63. The van der Waals surface area contributed by atoms with Gasteiger partial charge < -0.3 is 10.1 Å². The van der Waals surface area contributed by atoms with Gasteiger partial charge in [-0.15, -0.1) is 0 Å². The van der Waals surface area contributed by atoms with Crippen molar-refractivity contribution in [3.63, 3.8) is 0 Å². The zero-order valence-corrected chi connectivity index (χ0v) is 10.2. The van der Waals surface area contributed by atoms with Crippen molar-refractivity contribution in [2.24, 2.45) is 0 Å². The zero-order valence-electron chi connectivity index (χ0n) is 10.2. The number of ether oxygens (including phenoxy) is 1. The highest BCUT2D eigenvalue weighted by atomic mass is 16.5. The first-order chi connectivity index (χ1) is 7.79. The lowest BCUT2D eigenvalue weighted by atomic mass is 10.1. The Morgan fingerprint density at radius 2 is 2.12 bits per heavy atom. The van der Waals surface area contributed by atoms with Crippen molar-refractivity contribution in [3.8, 4) is 5.75 Å². The van der Waals surface area contributed by atoms with Crippen LogP contribution in [0.5, 0.6) is 5.75 Å². The molecule has 1 saturated carbocycles. The predicted molar refractivity (Wildman–Crippen MR) is 66.9 cm³/mol. The number of hydrogen-bond acceptors (Lipinski definition) is 2. The van der Waals surface area contributed by atoms with Crippen LogP contribution in [0.1, 0.15) is 32.3 Å². The number of hydrogen-bond donors (Lipinski definition) is 1. The highest BCUT2D eigenvalue weighted by molar-refractivity contribution is 5.33. The van der Waals surface area contributed by atoms with E-state index in [1.54, 1.807) is 0 Å². The summed E-state index contributed by atoms with van der Waals surface area (Å²) in [7, 11) is 0. The molecule has 0 aromatic heterocycles. The Morgan fingerprint density at radius 3 is 2.81 bits per heavy atom. The van der Waals surface area contributed by atoms with Crippen LogP contribution in [0.3, 0.4) is 0 Å².